The van der Waals surface area contributed by atoms with Crippen LogP contribution in [0.2, 0.25) is 0 Å². The Balaban J connectivity index is 2.20. The fraction of sp³-hybridized carbons (Fsp3) is 0.929. The van der Waals surface area contributed by atoms with Gasteiger partial charge in [-0.25, -0.2) is 0 Å². The Kier molecular flexibility index (Phi) is 5.28. The minimum atomic E-state index is -0.139. The van der Waals surface area contributed by atoms with Crippen LogP contribution in [-0.4, -0.2) is 24.5 Å². The highest BCUT2D eigenvalue weighted by Crippen LogP contribution is 2.23. The Hall–Kier alpha value is -0.550. The van der Waals surface area contributed by atoms with Gasteiger partial charge in [-0.1, -0.05) is 13.3 Å². The summed E-state index contributed by atoms with van der Waals surface area (Å²) in [5.74, 6) is 0.915. The second-order valence-corrected chi connectivity index (χ2v) is 5.82. The van der Waals surface area contributed by atoms with E-state index in [1.807, 2.05) is 13.8 Å². The van der Waals surface area contributed by atoms with Crippen molar-refractivity contribution in [2.24, 2.45) is 11.3 Å². The lowest BCUT2D eigenvalue weighted by molar-refractivity contribution is 0.165. The number of piperidine rings is 1. The highest BCUT2D eigenvalue weighted by atomic mass is 15.1. The molecule has 1 atom stereocenters. The third-order valence-corrected chi connectivity index (χ3v) is 3.76. The van der Waals surface area contributed by atoms with E-state index in [2.05, 4.69) is 17.9 Å². The van der Waals surface area contributed by atoms with Gasteiger partial charge in [0.15, 0.2) is 0 Å². The van der Waals surface area contributed by atoms with Gasteiger partial charge in [0.05, 0.1) is 11.5 Å². The number of nitrogens with zero attached hydrogens (tertiary/aromatic N) is 2. The van der Waals surface area contributed by atoms with Crippen molar-refractivity contribution >= 4 is 0 Å². The molecule has 0 spiro atoms. The summed E-state index contributed by atoms with van der Waals surface area (Å²) in [5, 5.41) is 8.95. The lowest BCUT2D eigenvalue weighted by atomic mass is 9.89. The molecule has 1 unspecified atom stereocenters. The summed E-state index contributed by atoms with van der Waals surface area (Å²) in [5.41, 5.74) is -0.139. The molecule has 0 radical (unpaired) electrons. The standard InChI is InChI=1S/C14H26N2/c1-4-13-7-5-9-16(11-13)10-6-8-14(2,3)12-15/h13H,4-11H2,1-3H3. The molecule has 0 aromatic heterocycles. The zero-order valence-electron chi connectivity index (χ0n) is 11.1. The molecule has 2 heteroatoms. The average Bonchev–Trinajstić information content (AvgIpc) is 2.29. The van der Waals surface area contributed by atoms with Crippen LogP contribution in [0.15, 0.2) is 0 Å². The lowest BCUT2D eigenvalue weighted by Gasteiger charge is -2.32. The molecule has 0 aromatic rings. The van der Waals surface area contributed by atoms with Gasteiger partial charge in [-0.05, 0) is 58.5 Å². The van der Waals surface area contributed by atoms with Crippen molar-refractivity contribution in [3.63, 3.8) is 0 Å². The van der Waals surface area contributed by atoms with E-state index >= 15 is 0 Å². The number of nitriles is 1. The van der Waals surface area contributed by atoms with Crippen molar-refractivity contribution in [2.45, 2.75) is 52.9 Å². The second kappa shape index (κ2) is 6.25. The first kappa shape index (κ1) is 13.5. The van der Waals surface area contributed by atoms with Gasteiger partial charge in [0.25, 0.3) is 0 Å². The van der Waals surface area contributed by atoms with Gasteiger partial charge in [-0.2, -0.15) is 5.26 Å². The second-order valence-electron chi connectivity index (χ2n) is 5.82. The maximum Gasteiger partial charge on any atom is 0.0683 e. The van der Waals surface area contributed by atoms with Gasteiger partial charge in [0.1, 0.15) is 0 Å². The molecule has 16 heavy (non-hydrogen) atoms. The summed E-state index contributed by atoms with van der Waals surface area (Å²) in [4.78, 5) is 2.59. The smallest absolute Gasteiger partial charge is 0.0683 e. The molecule has 1 aliphatic heterocycles. The van der Waals surface area contributed by atoms with Gasteiger partial charge in [-0.15, -0.1) is 0 Å². The predicted octanol–water partition coefficient (Wildman–Crippen LogP) is 3.44. The van der Waals surface area contributed by atoms with E-state index < -0.39 is 0 Å². The van der Waals surface area contributed by atoms with E-state index in [9.17, 15) is 0 Å². The van der Waals surface area contributed by atoms with Crippen molar-refractivity contribution < 1.29 is 0 Å². The van der Waals surface area contributed by atoms with Crippen molar-refractivity contribution in [1.82, 2.24) is 4.90 Å². The van der Waals surface area contributed by atoms with Crippen molar-refractivity contribution in [2.75, 3.05) is 19.6 Å². The number of likely N-dealkylation sites (tertiary alicyclic amines) is 1. The van der Waals surface area contributed by atoms with E-state index in [-0.39, 0.29) is 5.41 Å². The van der Waals surface area contributed by atoms with E-state index in [0.717, 1.165) is 18.8 Å². The van der Waals surface area contributed by atoms with Crippen LogP contribution >= 0.6 is 0 Å². The number of hydrogen-bond acceptors (Lipinski definition) is 2. The summed E-state index contributed by atoms with van der Waals surface area (Å²) in [7, 11) is 0. The Morgan fingerprint density at radius 1 is 1.44 bits per heavy atom. The van der Waals surface area contributed by atoms with Crippen molar-refractivity contribution in [1.29, 1.82) is 5.26 Å². The number of rotatable bonds is 5. The highest BCUT2D eigenvalue weighted by Gasteiger charge is 2.20. The maximum atomic E-state index is 8.95. The first-order valence-corrected chi connectivity index (χ1v) is 6.71. The minimum Gasteiger partial charge on any atom is -0.303 e. The van der Waals surface area contributed by atoms with E-state index in [1.165, 1.54) is 38.9 Å². The van der Waals surface area contributed by atoms with Crippen molar-refractivity contribution in [3.05, 3.63) is 0 Å². The van der Waals surface area contributed by atoms with Crippen LogP contribution in [0.25, 0.3) is 0 Å². The molecular weight excluding hydrogens is 196 g/mol. The molecule has 1 saturated heterocycles. The molecule has 0 N–H and O–H groups in total. The SMILES string of the molecule is CCC1CCCN(CCCC(C)(C)C#N)C1. The third-order valence-electron chi connectivity index (χ3n) is 3.76. The Labute approximate surface area is 101 Å². The van der Waals surface area contributed by atoms with Crippen LogP contribution < -0.4 is 0 Å². The highest BCUT2D eigenvalue weighted by molar-refractivity contribution is 4.91. The van der Waals surface area contributed by atoms with E-state index in [0.29, 0.717) is 0 Å². The van der Waals surface area contributed by atoms with Gasteiger partial charge < -0.3 is 4.90 Å². The quantitative estimate of drug-likeness (QED) is 0.712. The molecule has 1 heterocycles. The molecule has 1 rings (SSSR count). The summed E-state index contributed by atoms with van der Waals surface area (Å²) >= 11 is 0. The topological polar surface area (TPSA) is 27.0 Å². The molecule has 0 bridgehead atoms. The summed E-state index contributed by atoms with van der Waals surface area (Å²) in [6.07, 6.45) is 6.28. The maximum absolute atomic E-state index is 8.95. The summed E-state index contributed by atoms with van der Waals surface area (Å²) in [6.45, 7) is 10.1. The molecule has 0 amide bonds. The molecule has 0 saturated carbocycles. The van der Waals surface area contributed by atoms with Crippen LogP contribution in [0.5, 0.6) is 0 Å². The number of hydrogen-bond donors (Lipinski definition) is 0. The molecule has 0 aliphatic carbocycles. The molecule has 2 nitrogen and oxygen atoms in total. The van der Waals surface area contributed by atoms with Crippen LogP contribution in [0.3, 0.4) is 0 Å². The van der Waals surface area contributed by atoms with Gasteiger partial charge in [0, 0.05) is 6.54 Å². The fourth-order valence-electron chi connectivity index (χ4n) is 2.49. The lowest BCUT2D eigenvalue weighted by Crippen LogP contribution is -2.36. The fourth-order valence-corrected chi connectivity index (χ4v) is 2.49. The zero-order valence-corrected chi connectivity index (χ0v) is 11.1. The van der Waals surface area contributed by atoms with Crippen molar-refractivity contribution in [3.8, 4) is 6.07 Å². The zero-order chi connectivity index (χ0) is 12.0. The van der Waals surface area contributed by atoms with E-state index in [1.54, 1.807) is 0 Å². The summed E-state index contributed by atoms with van der Waals surface area (Å²) in [6, 6.07) is 2.38. The normalized spacial score (nSPS) is 23.0. The van der Waals surface area contributed by atoms with Gasteiger partial charge in [0.2, 0.25) is 0 Å². The van der Waals surface area contributed by atoms with Crippen LogP contribution in [0, 0.1) is 22.7 Å². The average molecular weight is 222 g/mol. The molecule has 1 fully saturated rings. The van der Waals surface area contributed by atoms with Crippen LogP contribution in [0.4, 0.5) is 0 Å². The van der Waals surface area contributed by atoms with E-state index in [4.69, 9.17) is 5.26 Å². The molecule has 1 aliphatic rings. The minimum absolute atomic E-state index is 0.139. The van der Waals surface area contributed by atoms with Gasteiger partial charge in [-0.3, -0.25) is 0 Å². The van der Waals surface area contributed by atoms with Crippen LogP contribution in [0.1, 0.15) is 52.9 Å². The largest absolute Gasteiger partial charge is 0.303 e. The first-order chi connectivity index (χ1) is 7.57. The molecular formula is C14H26N2. The third kappa shape index (κ3) is 4.53. The predicted molar refractivity (Wildman–Crippen MR) is 68.1 cm³/mol. The Morgan fingerprint density at radius 3 is 2.81 bits per heavy atom. The van der Waals surface area contributed by atoms with Gasteiger partial charge >= 0.3 is 0 Å². The monoisotopic (exact) mass is 222 g/mol. The summed E-state index contributed by atoms with van der Waals surface area (Å²) < 4.78 is 0. The molecule has 92 valence electrons. The van der Waals surface area contributed by atoms with Crippen LogP contribution in [-0.2, 0) is 0 Å². The Morgan fingerprint density at radius 2 is 2.19 bits per heavy atom. The first-order valence-electron chi connectivity index (χ1n) is 6.71. The molecule has 0 aromatic carbocycles. The Bertz CT molecular complexity index is 240.